The second kappa shape index (κ2) is 7.73. The van der Waals surface area contributed by atoms with Gasteiger partial charge in [0.15, 0.2) is 0 Å². The summed E-state index contributed by atoms with van der Waals surface area (Å²) >= 11 is 0. The molecule has 7 heteroatoms. The van der Waals surface area contributed by atoms with E-state index in [1.54, 1.807) is 24.1 Å². The predicted octanol–water partition coefficient (Wildman–Crippen LogP) is 0.394. The lowest BCUT2D eigenvalue weighted by Crippen LogP contribution is -2.47. The van der Waals surface area contributed by atoms with Crippen LogP contribution in [0.4, 0.5) is 4.79 Å². The molecule has 2 rings (SSSR count). The van der Waals surface area contributed by atoms with Crippen LogP contribution in [-0.2, 0) is 9.59 Å². The summed E-state index contributed by atoms with van der Waals surface area (Å²) in [5, 5.41) is 7.51. The molecule has 0 radical (unpaired) electrons. The topological polar surface area (TPSA) is 90.5 Å². The number of nitrogens with zero attached hydrogens (tertiary/aromatic N) is 1. The van der Waals surface area contributed by atoms with Gasteiger partial charge in [0, 0.05) is 13.1 Å². The Balaban J connectivity index is 2.09. The van der Waals surface area contributed by atoms with Gasteiger partial charge in [-0.25, -0.2) is 4.79 Å². The van der Waals surface area contributed by atoms with Gasteiger partial charge in [0.2, 0.25) is 11.8 Å². The third kappa shape index (κ3) is 5.07. The summed E-state index contributed by atoms with van der Waals surface area (Å²) in [6.45, 7) is 0.0806. The van der Waals surface area contributed by atoms with Crippen molar-refractivity contribution < 1.29 is 14.4 Å². The third-order valence-electron chi connectivity index (χ3n) is 3.60. The van der Waals surface area contributed by atoms with E-state index < -0.39 is 18.0 Å². The molecule has 0 aliphatic heterocycles. The summed E-state index contributed by atoms with van der Waals surface area (Å²) in [6.07, 6.45) is 2.02. The lowest BCUT2D eigenvalue weighted by Gasteiger charge is -2.26. The van der Waals surface area contributed by atoms with E-state index in [2.05, 4.69) is 16.0 Å². The first-order valence-electron chi connectivity index (χ1n) is 7.58. The molecule has 1 aliphatic carbocycles. The summed E-state index contributed by atoms with van der Waals surface area (Å²) in [7, 11) is 3.13. The molecule has 124 valence electrons. The van der Waals surface area contributed by atoms with E-state index in [1.165, 1.54) is 7.05 Å². The quantitative estimate of drug-likeness (QED) is 0.708. The summed E-state index contributed by atoms with van der Waals surface area (Å²) in [5.74, 6) is -0.596. The van der Waals surface area contributed by atoms with Gasteiger partial charge in [0.1, 0.15) is 6.04 Å². The van der Waals surface area contributed by atoms with Crippen molar-refractivity contribution in [3.63, 3.8) is 0 Å². The van der Waals surface area contributed by atoms with Crippen LogP contribution in [0.15, 0.2) is 30.3 Å². The molecule has 1 aliphatic rings. The number of hydrogen-bond donors (Lipinski definition) is 3. The van der Waals surface area contributed by atoms with Crippen molar-refractivity contribution in [2.45, 2.75) is 24.9 Å². The summed E-state index contributed by atoms with van der Waals surface area (Å²) in [4.78, 5) is 37.4. The van der Waals surface area contributed by atoms with Crippen LogP contribution < -0.4 is 16.0 Å². The van der Waals surface area contributed by atoms with Crippen LogP contribution in [0.1, 0.15) is 24.4 Å². The average molecular weight is 318 g/mol. The number of amides is 4. The summed E-state index contributed by atoms with van der Waals surface area (Å²) in [5.41, 5.74) is 0.718. The maximum absolute atomic E-state index is 12.4. The Hall–Kier alpha value is -2.41. The molecule has 7 nitrogen and oxygen atoms in total. The number of rotatable bonds is 6. The van der Waals surface area contributed by atoms with Crippen LogP contribution in [-0.4, -0.2) is 49.4 Å². The lowest BCUT2D eigenvalue weighted by atomic mass is 10.0. The number of benzene rings is 1. The fourth-order valence-corrected chi connectivity index (χ4v) is 2.30. The van der Waals surface area contributed by atoms with Crippen molar-refractivity contribution >= 4 is 17.8 Å². The molecular formula is C16H22N4O3. The molecule has 0 heterocycles. The SMILES string of the molecule is CNC(=O)NC(=O)[C@H](c1ccccc1)N(C)CC(=O)NC1CC1. The molecule has 0 bridgehead atoms. The van der Waals surface area contributed by atoms with Crippen LogP contribution >= 0.6 is 0 Å². The summed E-state index contributed by atoms with van der Waals surface area (Å²) < 4.78 is 0. The number of imide groups is 1. The van der Waals surface area contributed by atoms with Gasteiger partial charge in [-0.1, -0.05) is 30.3 Å². The molecule has 4 amide bonds. The maximum Gasteiger partial charge on any atom is 0.321 e. The van der Waals surface area contributed by atoms with Crippen molar-refractivity contribution in [3.8, 4) is 0 Å². The second-order valence-electron chi connectivity index (χ2n) is 5.64. The van der Waals surface area contributed by atoms with Gasteiger partial charge in [-0.05, 0) is 25.5 Å². The molecule has 3 N–H and O–H groups in total. The normalized spacial score (nSPS) is 14.9. The van der Waals surface area contributed by atoms with E-state index in [4.69, 9.17) is 0 Å². The van der Waals surface area contributed by atoms with Gasteiger partial charge in [-0.3, -0.25) is 19.8 Å². The first-order chi connectivity index (χ1) is 11.0. The van der Waals surface area contributed by atoms with E-state index in [1.807, 2.05) is 18.2 Å². The Morgan fingerprint density at radius 2 is 1.87 bits per heavy atom. The maximum atomic E-state index is 12.4. The van der Waals surface area contributed by atoms with Crippen LogP contribution in [0.2, 0.25) is 0 Å². The van der Waals surface area contributed by atoms with Crippen molar-refractivity contribution in [2.24, 2.45) is 0 Å². The first kappa shape index (κ1) is 17.0. The van der Waals surface area contributed by atoms with Gasteiger partial charge >= 0.3 is 6.03 Å². The van der Waals surface area contributed by atoms with E-state index in [0.717, 1.165) is 18.4 Å². The molecule has 0 unspecified atom stereocenters. The van der Waals surface area contributed by atoms with Gasteiger partial charge in [-0.2, -0.15) is 0 Å². The van der Waals surface area contributed by atoms with E-state index in [-0.39, 0.29) is 18.5 Å². The van der Waals surface area contributed by atoms with Crippen LogP contribution in [0, 0.1) is 0 Å². The number of carbonyl (C=O) groups excluding carboxylic acids is 3. The van der Waals surface area contributed by atoms with Gasteiger partial charge in [-0.15, -0.1) is 0 Å². The van der Waals surface area contributed by atoms with Gasteiger partial charge < -0.3 is 10.6 Å². The molecule has 1 atom stereocenters. The second-order valence-corrected chi connectivity index (χ2v) is 5.64. The standard InChI is InChI=1S/C16H22N4O3/c1-17-16(23)19-15(22)14(11-6-4-3-5-7-11)20(2)10-13(21)18-12-8-9-12/h3-7,12,14H,8-10H2,1-2H3,(H,18,21)(H2,17,19,22,23)/t14-/m0/s1. The monoisotopic (exact) mass is 318 g/mol. The zero-order chi connectivity index (χ0) is 16.8. The zero-order valence-electron chi connectivity index (χ0n) is 13.3. The number of likely N-dealkylation sites (N-methyl/N-ethyl adjacent to an activating group) is 1. The van der Waals surface area contributed by atoms with Crippen LogP contribution in [0.5, 0.6) is 0 Å². The first-order valence-corrected chi connectivity index (χ1v) is 7.58. The molecule has 1 aromatic rings. The zero-order valence-corrected chi connectivity index (χ0v) is 13.3. The van der Waals surface area contributed by atoms with E-state index >= 15 is 0 Å². The fourth-order valence-electron chi connectivity index (χ4n) is 2.30. The number of carbonyl (C=O) groups is 3. The third-order valence-corrected chi connectivity index (χ3v) is 3.60. The summed E-state index contributed by atoms with van der Waals surface area (Å²) in [6, 6.07) is 8.03. The number of urea groups is 1. The van der Waals surface area contributed by atoms with Gasteiger partial charge in [0.25, 0.3) is 0 Å². The van der Waals surface area contributed by atoms with Crippen molar-refractivity contribution in [2.75, 3.05) is 20.6 Å². The molecule has 1 fully saturated rings. The molecule has 0 aromatic heterocycles. The van der Waals surface area contributed by atoms with E-state index in [0.29, 0.717) is 0 Å². The number of hydrogen-bond acceptors (Lipinski definition) is 4. The molecule has 23 heavy (non-hydrogen) atoms. The average Bonchev–Trinajstić information content (AvgIpc) is 3.32. The fraction of sp³-hybridized carbons (Fsp3) is 0.438. The predicted molar refractivity (Wildman–Crippen MR) is 85.6 cm³/mol. The van der Waals surface area contributed by atoms with Crippen molar-refractivity contribution in [3.05, 3.63) is 35.9 Å². The van der Waals surface area contributed by atoms with Crippen molar-refractivity contribution in [1.29, 1.82) is 0 Å². The highest BCUT2D eigenvalue weighted by Gasteiger charge is 2.29. The Morgan fingerprint density at radius 3 is 2.43 bits per heavy atom. The molecule has 0 spiro atoms. The highest BCUT2D eigenvalue weighted by atomic mass is 16.2. The number of nitrogens with one attached hydrogen (secondary N) is 3. The largest absolute Gasteiger partial charge is 0.352 e. The Bertz CT molecular complexity index is 572. The van der Waals surface area contributed by atoms with Crippen LogP contribution in [0.3, 0.4) is 0 Å². The van der Waals surface area contributed by atoms with Crippen molar-refractivity contribution in [1.82, 2.24) is 20.9 Å². The highest BCUT2D eigenvalue weighted by Crippen LogP contribution is 2.21. The Kier molecular flexibility index (Phi) is 5.70. The lowest BCUT2D eigenvalue weighted by molar-refractivity contribution is -0.127. The molecule has 1 aromatic carbocycles. The minimum atomic E-state index is -0.724. The minimum absolute atomic E-state index is 0.0806. The smallest absolute Gasteiger partial charge is 0.321 e. The Labute approximate surface area is 135 Å². The minimum Gasteiger partial charge on any atom is -0.352 e. The van der Waals surface area contributed by atoms with E-state index in [9.17, 15) is 14.4 Å². The highest BCUT2D eigenvalue weighted by molar-refractivity contribution is 5.97. The molecule has 0 saturated heterocycles. The van der Waals surface area contributed by atoms with Gasteiger partial charge in [0.05, 0.1) is 6.54 Å². The molecule has 1 saturated carbocycles. The molecular weight excluding hydrogens is 296 g/mol. The van der Waals surface area contributed by atoms with Crippen LogP contribution in [0.25, 0.3) is 0 Å². The Morgan fingerprint density at radius 1 is 1.22 bits per heavy atom.